The Balaban J connectivity index is 1.55. The van der Waals surface area contributed by atoms with Gasteiger partial charge in [0.15, 0.2) is 0 Å². The molecule has 2 heterocycles. The molecule has 0 saturated carbocycles. The molecule has 1 aliphatic heterocycles. The van der Waals surface area contributed by atoms with E-state index in [-0.39, 0.29) is 24.6 Å². The van der Waals surface area contributed by atoms with E-state index in [1.165, 1.54) is 0 Å². The predicted molar refractivity (Wildman–Crippen MR) is 145 cm³/mol. The molecular formula is C28H33ClN4O4. The molecule has 1 aliphatic rings. The molecule has 1 unspecified atom stereocenters. The average molecular weight is 525 g/mol. The molecule has 0 bridgehead atoms. The minimum atomic E-state index is -1.11. The van der Waals surface area contributed by atoms with E-state index in [9.17, 15) is 14.7 Å². The molecule has 9 heteroatoms. The lowest BCUT2D eigenvalue weighted by molar-refractivity contribution is 0.0412. The highest BCUT2D eigenvalue weighted by Gasteiger charge is 2.31. The highest BCUT2D eigenvalue weighted by atomic mass is 35.5. The summed E-state index contributed by atoms with van der Waals surface area (Å²) in [5, 5.41) is 11.7. The summed E-state index contributed by atoms with van der Waals surface area (Å²) < 4.78 is 5.26. The van der Waals surface area contributed by atoms with Crippen molar-refractivity contribution in [1.29, 1.82) is 0 Å². The second-order valence-electron chi connectivity index (χ2n) is 9.68. The second-order valence-corrected chi connectivity index (χ2v) is 10.1. The number of benzene rings is 2. The molecule has 1 saturated heterocycles. The van der Waals surface area contributed by atoms with Crippen molar-refractivity contribution >= 4 is 34.5 Å². The van der Waals surface area contributed by atoms with Crippen LogP contribution < -0.4 is 5.73 Å². The number of piperazine rings is 1. The second kappa shape index (κ2) is 11.0. The highest BCUT2D eigenvalue weighted by Crippen LogP contribution is 2.30. The fourth-order valence-electron chi connectivity index (χ4n) is 4.45. The van der Waals surface area contributed by atoms with Crippen molar-refractivity contribution in [3.8, 4) is 11.3 Å². The van der Waals surface area contributed by atoms with Crippen molar-refractivity contribution < 1.29 is 19.4 Å². The summed E-state index contributed by atoms with van der Waals surface area (Å²) in [6, 6.07) is 14.3. The molecule has 4 rings (SSSR count). The molecular weight excluding hydrogens is 492 g/mol. The first kappa shape index (κ1) is 26.9. The van der Waals surface area contributed by atoms with Gasteiger partial charge in [-0.25, -0.2) is 9.78 Å². The molecule has 3 N–H and O–H groups in total. The Kier molecular flexibility index (Phi) is 8.02. The quantitative estimate of drug-likeness (QED) is 0.494. The summed E-state index contributed by atoms with van der Waals surface area (Å²) in [6.45, 7) is 7.30. The first-order valence-corrected chi connectivity index (χ1v) is 12.9. The van der Waals surface area contributed by atoms with Crippen LogP contribution in [-0.2, 0) is 10.3 Å². The fourth-order valence-corrected chi connectivity index (χ4v) is 4.72. The standard InChI is InChI=1S/C28H33ClN4O4/c1-4-13-37-27(35)33-12-11-32(16-18(33)2)26(34)20-7-10-22-23(29)15-24(31-25(22)14-20)19-5-8-21(9-6-19)28(3,36)17-30/h5-10,14-15,18,36H,4,11-13,16-17,30H2,1-3H3/t18-,28?/m1/s1. The zero-order valence-electron chi connectivity index (χ0n) is 21.4. The minimum absolute atomic E-state index is 0.111. The lowest BCUT2D eigenvalue weighted by atomic mass is 9.94. The van der Waals surface area contributed by atoms with Crippen LogP contribution in [0.5, 0.6) is 0 Å². The van der Waals surface area contributed by atoms with Gasteiger partial charge in [-0.3, -0.25) is 4.79 Å². The molecule has 2 amide bonds. The molecule has 2 atom stereocenters. The van der Waals surface area contributed by atoms with Crippen LogP contribution >= 0.6 is 11.6 Å². The lowest BCUT2D eigenvalue weighted by Crippen LogP contribution is -2.55. The van der Waals surface area contributed by atoms with Gasteiger partial charge >= 0.3 is 6.09 Å². The Morgan fingerprint density at radius 2 is 1.92 bits per heavy atom. The number of rotatable bonds is 6. The molecule has 8 nitrogen and oxygen atoms in total. The number of halogens is 1. The summed E-state index contributed by atoms with van der Waals surface area (Å²) in [4.78, 5) is 33.8. The third-order valence-electron chi connectivity index (χ3n) is 6.79. The van der Waals surface area contributed by atoms with Crippen molar-refractivity contribution in [3.63, 3.8) is 0 Å². The number of pyridine rings is 1. The normalized spacial score (nSPS) is 17.5. The van der Waals surface area contributed by atoms with Gasteiger partial charge in [0.05, 0.1) is 28.4 Å². The van der Waals surface area contributed by atoms with Gasteiger partial charge in [0.2, 0.25) is 0 Å². The Morgan fingerprint density at radius 1 is 1.19 bits per heavy atom. The number of hydrogen-bond acceptors (Lipinski definition) is 6. The molecule has 0 radical (unpaired) electrons. The van der Waals surface area contributed by atoms with Gasteiger partial charge in [-0.2, -0.15) is 0 Å². The van der Waals surface area contributed by atoms with Crippen LogP contribution in [0.3, 0.4) is 0 Å². The predicted octanol–water partition coefficient (Wildman–Crippen LogP) is 4.41. The van der Waals surface area contributed by atoms with E-state index in [4.69, 9.17) is 27.1 Å². The molecule has 1 aromatic heterocycles. The summed E-state index contributed by atoms with van der Waals surface area (Å²) in [7, 11) is 0. The van der Waals surface area contributed by atoms with Gasteiger partial charge in [0.25, 0.3) is 5.91 Å². The van der Waals surface area contributed by atoms with E-state index >= 15 is 0 Å². The van der Waals surface area contributed by atoms with Gasteiger partial charge in [-0.15, -0.1) is 0 Å². The number of fused-ring (bicyclic) bond motifs is 1. The fraction of sp³-hybridized carbons (Fsp3) is 0.393. The maximum atomic E-state index is 13.3. The van der Waals surface area contributed by atoms with Gasteiger partial charge in [-0.05, 0) is 44.0 Å². The minimum Gasteiger partial charge on any atom is -0.449 e. The third-order valence-corrected chi connectivity index (χ3v) is 7.10. The SMILES string of the molecule is CCCOC(=O)N1CCN(C(=O)c2ccc3c(Cl)cc(-c4ccc(C(C)(O)CN)cc4)nc3c2)C[C@H]1C. The molecule has 1 fully saturated rings. The Labute approximate surface area is 222 Å². The van der Waals surface area contributed by atoms with Crippen molar-refractivity contribution in [3.05, 3.63) is 64.7 Å². The zero-order valence-corrected chi connectivity index (χ0v) is 22.2. The lowest BCUT2D eigenvalue weighted by Gasteiger charge is -2.39. The van der Waals surface area contributed by atoms with Crippen molar-refractivity contribution in [2.45, 2.75) is 38.8 Å². The molecule has 0 spiro atoms. The summed E-state index contributed by atoms with van der Waals surface area (Å²) in [5.74, 6) is -0.119. The van der Waals surface area contributed by atoms with E-state index in [0.717, 1.165) is 17.4 Å². The van der Waals surface area contributed by atoms with E-state index in [2.05, 4.69) is 0 Å². The largest absolute Gasteiger partial charge is 0.449 e. The van der Waals surface area contributed by atoms with Crippen molar-refractivity contribution in [1.82, 2.24) is 14.8 Å². The van der Waals surface area contributed by atoms with Crippen LogP contribution in [0.15, 0.2) is 48.5 Å². The van der Waals surface area contributed by atoms with Gasteiger partial charge in [-0.1, -0.05) is 48.9 Å². The number of amides is 2. The van der Waals surface area contributed by atoms with Crippen LogP contribution in [0, 0.1) is 0 Å². The molecule has 0 aliphatic carbocycles. The monoisotopic (exact) mass is 524 g/mol. The average Bonchev–Trinajstić information content (AvgIpc) is 2.90. The van der Waals surface area contributed by atoms with Gasteiger partial charge in [0, 0.05) is 48.7 Å². The molecule has 37 heavy (non-hydrogen) atoms. The van der Waals surface area contributed by atoms with Crippen LogP contribution in [0.4, 0.5) is 4.79 Å². The maximum Gasteiger partial charge on any atom is 0.410 e. The molecule has 3 aromatic rings. The summed E-state index contributed by atoms with van der Waals surface area (Å²) in [6.07, 6.45) is 0.431. The Morgan fingerprint density at radius 3 is 2.57 bits per heavy atom. The number of ether oxygens (including phenoxy) is 1. The van der Waals surface area contributed by atoms with Gasteiger partial charge < -0.3 is 25.4 Å². The first-order chi connectivity index (χ1) is 17.6. The van der Waals surface area contributed by atoms with E-state index < -0.39 is 5.60 Å². The maximum absolute atomic E-state index is 13.3. The molecule has 2 aromatic carbocycles. The van der Waals surface area contributed by atoms with Crippen LogP contribution in [0.2, 0.25) is 5.02 Å². The summed E-state index contributed by atoms with van der Waals surface area (Å²) in [5.41, 5.74) is 7.89. The number of aromatic nitrogens is 1. The van der Waals surface area contributed by atoms with E-state index in [1.807, 2.05) is 44.2 Å². The van der Waals surface area contributed by atoms with Gasteiger partial charge in [0.1, 0.15) is 0 Å². The number of nitrogens with two attached hydrogens (primary N) is 1. The topological polar surface area (TPSA) is 109 Å². The highest BCUT2D eigenvalue weighted by molar-refractivity contribution is 6.35. The third kappa shape index (κ3) is 5.71. The zero-order chi connectivity index (χ0) is 26.7. The number of nitrogens with zero attached hydrogens (tertiary/aromatic N) is 3. The van der Waals surface area contributed by atoms with E-state index in [1.54, 1.807) is 34.9 Å². The Bertz CT molecular complexity index is 1300. The number of hydrogen-bond donors (Lipinski definition) is 2. The molecule has 196 valence electrons. The van der Waals surface area contributed by atoms with Crippen molar-refractivity contribution in [2.24, 2.45) is 5.73 Å². The van der Waals surface area contributed by atoms with Crippen LogP contribution in [0.25, 0.3) is 22.2 Å². The smallest absolute Gasteiger partial charge is 0.410 e. The first-order valence-electron chi connectivity index (χ1n) is 12.5. The van der Waals surface area contributed by atoms with Crippen LogP contribution in [0.1, 0.15) is 43.1 Å². The van der Waals surface area contributed by atoms with E-state index in [0.29, 0.717) is 53.6 Å². The van der Waals surface area contributed by atoms with Crippen molar-refractivity contribution in [2.75, 3.05) is 32.8 Å². The number of aliphatic hydroxyl groups is 1. The van der Waals surface area contributed by atoms with Crippen LogP contribution in [-0.4, -0.2) is 70.7 Å². The summed E-state index contributed by atoms with van der Waals surface area (Å²) >= 11 is 6.58. The number of carbonyl (C=O) groups excluding carboxylic acids is 2. The number of carbonyl (C=O) groups is 2. The Hall–Kier alpha value is -3.20.